The van der Waals surface area contributed by atoms with Gasteiger partial charge in [-0.05, 0) is 45.1 Å². The van der Waals surface area contributed by atoms with Crippen molar-refractivity contribution in [2.45, 2.75) is 24.9 Å². The van der Waals surface area contributed by atoms with Crippen LogP contribution >= 0.6 is 22.9 Å². The Hall–Kier alpha value is -2.86. The lowest BCUT2D eigenvalue weighted by atomic mass is 10.0. The Morgan fingerprint density at radius 1 is 1.24 bits per heavy atom. The summed E-state index contributed by atoms with van der Waals surface area (Å²) >= 11 is 7.72. The van der Waals surface area contributed by atoms with E-state index in [1.807, 2.05) is 14.1 Å². The van der Waals surface area contributed by atoms with Gasteiger partial charge in [-0.25, -0.2) is 13.8 Å². The van der Waals surface area contributed by atoms with Crippen molar-refractivity contribution in [3.05, 3.63) is 34.9 Å². The third-order valence-electron chi connectivity index (χ3n) is 6.93. The van der Waals surface area contributed by atoms with Gasteiger partial charge in [-0.3, -0.25) is 0 Å². The van der Waals surface area contributed by atoms with Crippen LogP contribution in [-0.2, 0) is 0 Å². The molecule has 8 nitrogen and oxygen atoms in total. The van der Waals surface area contributed by atoms with Gasteiger partial charge < -0.3 is 25.6 Å². The Bertz CT molecular complexity index is 1510. The molecule has 37 heavy (non-hydrogen) atoms. The molecule has 0 saturated carbocycles. The van der Waals surface area contributed by atoms with Gasteiger partial charge in [0.2, 0.25) is 0 Å². The molecule has 4 heterocycles. The molecule has 0 spiro atoms. The molecule has 0 aliphatic carbocycles. The van der Waals surface area contributed by atoms with E-state index in [1.54, 1.807) is 6.07 Å². The highest BCUT2D eigenvalue weighted by Gasteiger charge is 2.39. The first kappa shape index (κ1) is 24.5. The maximum absolute atomic E-state index is 16.4. The lowest BCUT2D eigenvalue weighted by Gasteiger charge is -2.29. The molecule has 0 radical (unpaired) electrons. The highest BCUT2D eigenvalue weighted by atomic mass is 35.5. The molecule has 2 fully saturated rings. The predicted octanol–water partition coefficient (Wildman–Crippen LogP) is 4.30. The average Bonchev–Trinajstić information content (AvgIpc) is 3.59. The predicted molar refractivity (Wildman–Crippen MR) is 144 cm³/mol. The van der Waals surface area contributed by atoms with Crippen molar-refractivity contribution in [3.63, 3.8) is 0 Å². The highest BCUT2D eigenvalue weighted by molar-refractivity contribution is 7.22. The largest absolute Gasteiger partial charge is 0.463 e. The first-order valence-corrected chi connectivity index (χ1v) is 13.3. The fourth-order valence-corrected chi connectivity index (χ4v) is 6.31. The standard InChI is InChI=1S/C25H26ClF2N7OS/c1-34(2)6-3-7-36-25-32-20-15(23(33-25)35-11-12-8-13(35)10-30-12)9-16(26)18(19(20)28)14-4-5-17(27)22-21(14)31-24(29)37-22/h4-5,9,12-13,30H,3,6-8,10-11H2,1-2H3,(H2,29,31). The summed E-state index contributed by atoms with van der Waals surface area (Å²) in [5.74, 6) is -0.497. The van der Waals surface area contributed by atoms with Gasteiger partial charge in [0, 0.05) is 48.2 Å². The van der Waals surface area contributed by atoms with Crippen LogP contribution in [0.4, 0.5) is 19.7 Å². The molecule has 2 aliphatic heterocycles. The molecule has 2 aliphatic rings. The number of ether oxygens (including phenoxy) is 1. The summed E-state index contributed by atoms with van der Waals surface area (Å²) < 4.78 is 36.9. The van der Waals surface area contributed by atoms with Crippen LogP contribution in [0.1, 0.15) is 12.8 Å². The van der Waals surface area contributed by atoms with Crippen molar-refractivity contribution < 1.29 is 13.5 Å². The highest BCUT2D eigenvalue weighted by Crippen LogP contribution is 2.43. The minimum Gasteiger partial charge on any atom is -0.463 e. The monoisotopic (exact) mass is 545 g/mol. The Kier molecular flexibility index (Phi) is 6.26. The van der Waals surface area contributed by atoms with Gasteiger partial charge >= 0.3 is 6.01 Å². The zero-order valence-electron chi connectivity index (χ0n) is 20.4. The number of aromatic nitrogens is 3. The summed E-state index contributed by atoms with van der Waals surface area (Å²) in [4.78, 5) is 17.7. The molecule has 0 amide bonds. The molecule has 6 rings (SSSR count). The number of fused-ring (bicyclic) bond motifs is 4. The normalized spacial score (nSPS) is 19.1. The van der Waals surface area contributed by atoms with Gasteiger partial charge in [-0.2, -0.15) is 9.97 Å². The minimum atomic E-state index is -0.633. The van der Waals surface area contributed by atoms with E-state index in [4.69, 9.17) is 27.1 Å². The summed E-state index contributed by atoms with van der Waals surface area (Å²) in [6.07, 6.45) is 1.77. The van der Waals surface area contributed by atoms with Gasteiger partial charge in [-0.15, -0.1) is 0 Å². The van der Waals surface area contributed by atoms with Crippen LogP contribution in [0.2, 0.25) is 5.02 Å². The Balaban J connectivity index is 1.51. The zero-order valence-corrected chi connectivity index (χ0v) is 22.0. The summed E-state index contributed by atoms with van der Waals surface area (Å²) in [6.45, 7) is 2.83. The lowest BCUT2D eigenvalue weighted by Crippen LogP contribution is -2.44. The number of hydrogen-bond acceptors (Lipinski definition) is 9. The van der Waals surface area contributed by atoms with Gasteiger partial charge in [-0.1, -0.05) is 22.9 Å². The smallest absolute Gasteiger partial charge is 0.319 e. The van der Waals surface area contributed by atoms with E-state index >= 15 is 4.39 Å². The van der Waals surface area contributed by atoms with E-state index in [1.165, 1.54) is 12.1 Å². The summed E-state index contributed by atoms with van der Waals surface area (Å²) in [6, 6.07) is 5.16. The molecule has 194 valence electrons. The van der Waals surface area contributed by atoms with E-state index in [9.17, 15) is 4.39 Å². The zero-order chi connectivity index (χ0) is 25.8. The van der Waals surface area contributed by atoms with Crippen molar-refractivity contribution in [3.8, 4) is 17.1 Å². The third-order valence-corrected chi connectivity index (χ3v) is 8.12. The SMILES string of the molecule is CN(C)CCCOc1nc(N2CC3CC2CN3)c2cc(Cl)c(-c3ccc(F)c4sc(N)nc34)c(F)c2n1. The van der Waals surface area contributed by atoms with Crippen molar-refractivity contribution in [1.82, 2.24) is 25.2 Å². The minimum absolute atomic E-state index is 0.0947. The van der Waals surface area contributed by atoms with Gasteiger partial charge in [0.15, 0.2) is 10.9 Å². The molecule has 2 aromatic carbocycles. The van der Waals surface area contributed by atoms with E-state index in [0.717, 1.165) is 43.8 Å². The second-order valence-corrected chi connectivity index (χ2v) is 11.2. The number of nitrogens with zero attached hydrogens (tertiary/aromatic N) is 5. The second-order valence-electron chi connectivity index (χ2n) is 9.75. The Morgan fingerprint density at radius 3 is 2.81 bits per heavy atom. The quantitative estimate of drug-likeness (QED) is 0.332. The number of nitrogens with two attached hydrogens (primary N) is 1. The van der Waals surface area contributed by atoms with E-state index in [-0.39, 0.29) is 43.5 Å². The molecule has 2 unspecified atom stereocenters. The number of hydrogen-bond donors (Lipinski definition) is 2. The molecule has 2 aromatic heterocycles. The molecule has 2 saturated heterocycles. The van der Waals surface area contributed by atoms with Crippen molar-refractivity contribution in [2.75, 3.05) is 51.0 Å². The first-order valence-electron chi connectivity index (χ1n) is 12.1. The summed E-state index contributed by atoms with van der Waals surface area (Å²) in [5, 5.41) is 4.34. The number of benzene rings is 2. The number of nitrogen functional groups attached to an aromatic ring is 1. The van der Waals surface area contributed by atoms with E-state index < -0.39 is 11.6 Å². The van der Waals surface area contributed by atoms with Crippen molar-refractivity contribution in [2.24, 2.45) is 0 Å². The van der Waals surface area contributed by atoms with Gasteiger partial charge in [0.25, 0.3) is 0 Å². The Labute approximate surface area is 221 Å². The number of rotatable bonds is 7. The number of thiazole rings is 1. The van der Waals surface area contributed by atoms with Crippen molar-refractivity contribution >= 4 is 55.0 Å². The first-order chi connectivity index (χ1) is 17.8. The third kappa shape index (κ3) is 4.33. The van der Waals surface area contributed by atoms with Crippen LogP contribution in [0.5, 0.6) is 6.01 Å². The van der Waals surface area contributed by atoms with Gasteiger partial charge in [0.05, 0.1) is 21.8 Å². The van der Waals surface area contributed by atoms with E-state index in [0.29, 0.717) is 29.4 Å². The second kappa shape index (κ2) is 9.46. The van der Waals surface area contributed by atoms with Crippen LogP contribution in [0.25, 0.3) is 32.2 Å². The molecule has 2 bridgehead atoms. The summed E-state index contributed by atoms with van der Waals surface area (Å²) in [5.41, 5.74) is 6.66. The molecular formula is C25H26ClF2N7OS. The number of anilines is 2. The molecule has 2 atom stereocenters. The number of halogens is 3. The molecule has 4 aromatic rings. The van der Waals surface area contributed by atoms with Gasteiger partial charge in [0.1, 0.15) is 17.2 Å². The lowest BCUT2D eigenvalue weighted by molar-refractivity contribution is 0.264. The number of piperazine rings is 1. The molecular weight excluding hydrogens is 520 g/mol. The van der Waals surface area contributed by atoms with Crippen LogP contribution in [-0.4, -0.2) is 72.3 Å². The number of nitrogens with one attached hydrogen (secondary N) is 1. The van der Waals surface area contributed by atoms with Crippen molar-refractivity contribution in [1.29, 1.82) is 0 Å². The fraction of sp³-hybridized carbons (Fsp3) is 0.400. The maximum Gasteiger partial charge on any atom is 0.319 e. The topological polar surface area (TPSA) is 92.4 Å². The average molecular weight is 546 g/mol. The molecule has 12 heteroatoms. The fourth-order valence-electron chi connectivity index (χ4n) is 5.25. The Morgan fingerprint density at radius 2 is 2.08 bits per heavy atom. The van der Waals surface area contributed by atoms with Crippen LogP contribution in [0.3, 0.4) is 0 Å². The van der Waals surface area contributed by atoms with Crippen LogP contribution in [0.15, 0.2) is 18.2 Å². The van der Waals surface area contributed by atoms with Crippen LogP contribution < -0.4 is 20.7 Å². The maximum atomic E-state index is 16.4. The van der Waals surface area contributed by atoms with Crippen LogP contribution in [0, 0.1) is 11.6 Å². The molecule has 3 N–H and O–H groups in total. The summed E-state index contributed by atoms with van der Waals surface area (Å²) in [7, 11) is 3.98. The van der Waals surface area contributed by atoms with E-state index in [2.05, 4.69) is 25.1 Å².